The number of amides is 1. The molecule has 5 nitrogen and oxygen atoms in total. The van der Waals surface area contributed by atoms with E-state index in [0.29, 0.717) is 12.4 Å². The van der Waals surface area contributed by atoms with Crippen LogP contribution in [0.5, 0.6) is 0 Å². The predicted octanol–water partition coefficient (Wildman–Crippen LogP) is 2.76. The third-order valence-electron chi connectivity index (χ3n) is 2.99. The lowest BCUT2D eigenvalue weighted by atomic mass is 10.1. The number of hydrogen-bond donors (Lipinski definition) is 2. The van der Waals surface area contributed by atoms with Crippen molar-refractivity contribution in [3.8, 4) is 0 Å². The highest BCUT2D eigenvalue weighted by molar-refractivity contribution is 5.90. The maximum atomic E-state index is 11.2. The molecule has 0 aliphatic rings. The second-order valence-electron chi connectivity index (χ2n) is 4.71. The third kappa shape index (κ3) is 5.89. The van der Waals surface area contributed by atoms with Crippen molar-refractivity contribution in [1.29, 1.82) is 0 Å². The van der Waals surface area contributed by atoms with E-state index in [0.717, 1.165) is 6.42 Å². The normalized spacial score (nSPS) is 12.4. The van der Waals surface area contributed by atoms with E-state index in [1.165, 1.54) is 25.7 Å². The zero-order valence-corrected chi connectivity index (χ0v) is 11.8. The number of carbonyl (C=O) groups excluding carboxylic acids is 1. The summed E-state index contributed by atoms with van der Waals surface area (Å²) in [6, 6.07) is 3.32. The predicted molar refractivity (Wildman–Crippen MR) is 73.4 cm³/mol. The molecule has 0 aliphatic carbocycles. The first-order valence-corrected chi connectivity index (χ1v) is 6.88. The van der Waals surface area contributed by atoms with Gasteiger partial charge in [0.05, 0.1) is 6.10 Å². The van der Waals surface area contributed by atoms with Gasteiger partial charge < -0.3 is 9.15 Å². The van der Waals surface area contributed by atoms with Crippen LogP contribution >= 0.6 is 0 Å². The number of hydrazine groups is 1. The molecule has 3 N–H and O–H groups in total. The lowest BCUT2D eigenvalue weighted by molar-refractivity contribution is 0.0354. The van der Waals surface area contributed by atoms with Crippen LogP contribution in [-0.4, -0.2) is 12.0 Å². The van der Waals surface area contributed by atoms with Gasteiger partial charge in [-0.25, -0.2) is 5.84 Å². The van der Waals surface area contributed by atoms with E-state index in [4.69, 9.17) is 15.0 Å². The van der Waals surface area contributed by atoms with E-state index in [-0.39, 0.29) is 11.9 Å². The molecule has 1 aromatic heterocycles. The quantitative estimate of drug-likeness (QED) is 0.312. The van der Waals surface area contributed by atoms with E-state index in [9.17, 15) is 4.79 Å². The zero-order valence-electron chi connectivity index (χ0n) is 11.8. The molecule has 19 heavy (non-hydrogen) atoms. The highest BCUT2D eigenvalue weighted by Gasteiger charge is 2.10. The number of hydrogen-bond acceptors (Lipinski definition) is 4. The molecule has 1 heterocycles. The summed E-state index contributed by atoms with van der Waals surface area (Å²) in [5.41, 5.74) is 2.03. The molecule has 0 saturated carbocycles. The Kier molecular flexibility index (Phi) is 7.22. The molecule has 1 amide bonds. The van der Waals surface area contributed by atoms with Gasteiger partial charge >= 0.3 is 5.91 Å². The molecule has 0 bridgehead atoms. The third-order valence-corrected chi connectivity index (χ3v) is 2.99. The number of ether oxygens (including phenoxy) is 1. The average molecular weight is 268 g/mol. The Hall–Kier alpha value is -1.33. The highest BCUT2D eigenvalue weighted by atomic mass is 16.5. The smallest absolute Gasteiger partial charge is 0.300 e. The topological polar surface area (TPSA) is 77.5 Å². The van der Waals surface area contributed by atoms with E-state index < -0.39 is 5.91 Å². The summed E-state index contributed by atoms with van der Waals surface area (Å²) in [5, 5.41) is 0. The van der Waals surface area contributed by atoms with Crippen molar-refractivity contribution in [2.75, 3.05) is 0 Å². The second kappa shape index (κ2) is 8.72. The summed E-state index contributed by atoms with van der Waals surface area (Å²) >= 11 is 0. The lowest BCUT2D eigenvalue weighted by Crippen LogP contribution is -2.29. The fourth-order valence-electron chi connectivity index (χ4n) is 1.81. The minimum Gasteiger partial charge on any atom is -0.453 e. The van der Waals surface area contributed by atoms with Gasteiger partial charge in [-0.15, -0.1) is 0 Å². The molecular weight excluding hydrogens is 244 g/mol. The largest absolute Gasteiger partial charge is 0.453 e. The first-order valence-electron chi connectivity index (χ1n) is 6.88. The summed E-state index contributed by atoms with van der Waals surface area (Å²) in [4.78, 5) is 11.2. The summed E-state index contributed by atoms with van der Waals surface area (Å²) in [6.07, 6.45) is 6.22. The Morgan fingerprint density at radius 2 is 2.21 bits per heavy atom. The molecule has 108 valence electrons. The monoisotopic (exact) mass is 268 g/mol. The van der Waals surface area contributed by atoms with E-state index >= 15 is 0 Å². The van der Waals surface area contributed by atoms with Crippen LogP contribution in [0.15, 0.2) is 16.5 Å². The van der Waals surface area contributed by atoms with Crippen LogP contribution in [0.2, 0.25) is 0 Å². The van der Waals surface area contributed by atoms with Crippen molar-refractivity contribution in [2.45, 2.75) is 58.7 Å². The summed E-state index contributed by atoms with van der Waals surface area (Å²) < 4.78 is 11.0. The maximum Gasteiger partial charge on any atom is 0.300 e. The lowest BCUT2D eigenvalue weighted by Gasteiger charge is -2.11. The van der Waals surface area contributed by atoms with E-state index in [1.807, 2.05) is 5.43 Å². The zero-order chi connectivity index (χ0) is 14.1. The standard InChI is InChI=1S/C14H24N2O3/c1-3-4-5-6-7-11(2)18-10-12-8-9-13(19-12)14(17)16-15/h8-9,11H,3-7,10,15H2,1-2H3,(H,16,17). The number of rotatable bonds is 9. The van der Waals surface area contributed by atoms with Crippen molar-refractivity contribution in [3.05, 3.63) is 23.7 Å². The molecule has 0 aliphatic heterocycles. The minimum atomic E-state index is -0.432. The van der Waals surface area contributed by atoms with Gasteiger partial charge in [0.15, 0.2) is 5.76 Å². The van der Waals surface area contributed by atoms with Gasteiger partial charge in [-0.05, 0) is 25.5 Å². The Bertz CT molecular complexity index is 377. The van der Waals surface area contributed by atoms with Gasteiger partial charge in [0.1, 0.15) is 12.4 Å². The number of furan rings is 1. The molecule has 0 aromatic carbocycles. The van der Waals surface area contributed by atoms with Crippen molar-refractivity contribution < 1.29 is 13.9 Å². The SMILES string of the molecule is CCCCCCC(C)OCc1ccc(C(=O)NN)o1. The van der Waals surface area contributed by atoms with Crippen LogP contribution in [0.1, 0.15) is 62.3 Å². The van der Waals surface area contributed by atoms with E-state index in [1.54, 1.807) is 12.1 Å². The number of nitrogens with one attached hydrogen (secondary N) is 1. The Morgan fingerprint density at radius 1 is 1.42 bits per heavy atom. The summed E-state index contributed by atoms with van der Waals surface area (Å²) in [6.45, 7) is 4.64. The Balaban J connectivity index is 2.24. The Morgan fingerprint density at radius 3 is 2.89 bits per heavy atom. The first-order chi connectivity index (χ1) is 9.17. The number of nitrogen functional groups attached to an aromatic ring is 1. The molecule has 0 spiro atoms. The Labute approximate surface area is 114 Å². The van der Waals surface area contributed by atoms with Crippen LogP contribution in [0.3, 0.4) is 0 Å². The molecule has 1 unspecified atom stereocenters. The van der Waals surface area contributed by atoms with Crippen LogP contribution in [0.25, 0.3) is 0 Å². The van der Waals surface area contributed by atoms with Crippen LogP contribution in [0.4, 0.5) is 0 Å². The van der Waals surface area contributed by atoms with Crippen LogP contribution in [-0.2, 0) is 11.3 Å². The van der Waals surface area contributed by atoms with Crippen molar-refractivity contribution >= 4 is 5.91 Å². The van der Waals surface area contributed by atoms with Gasteiger partial charge in [0.2, 0.25) is 0 Å². The number of nitrogens with two attached hydrogens (primary N) is 1. The fraction of sp³-hybridized carbons (Fsp3) is 0.643. The molecule has 0 saturated heterocycles. The van der Waals surface area contributed by atoms with Crippen molar-refractivity contribution in [1.82, 2.24) is 5.43 Å². The van der Waals surface area contributed by atoms with Gasteiger partial charge in [-0.1, -0.05) is 32.6 Å². The molecule has 1 atom stereocenters. The molecule has 0 radical (unpaired) electrons. The number of carbonyl (C=O) groups is 1. The molecule has 1 aromatic rings. The van der Waals surface area contributed by atoms with Gasteiger partial charge in [0, 0.05) is 0 Å². The molecular formula is C14H24N2O3. The number of unbranched alkanes of at least 4 members (excludes halogenated alkanes) is 3. The van der Waals surface area contributed by atoms with Crippen LogP contribution in [0, 0.1) is 0 Å². The maximum absolute atomic E-state index is 11.2. The first kappa shape index (κ1) is 15.7. The molecule has 1 rings (SSSR count). The van der Waals surface area contributed by atoms with Crippen molar-refractivity contribution in [3.63, 3.8) is 0 Å². The van der Waals surface area contributed by atoms with Gasteiger partial charge in [-0.3, -0.25) is 10.2 Å². The highest BCUT2D eigenvalue weighted by Crippen LogP contribution is 2.13. The van der Waals surface area contributed by atoms with Crippen molar-refractivity contribution in [2.24, 2.45) is 5.84 Å². The van der Waals surface area contributed by atoms with Gasteiger partial charge in [-0.2, -0.15) is 0 Å². The second-order valence-corrected chi connectivity index (χ2v) is 4.71. The minimum absolute atomic E-state index is 0.203. The van der Waals surface area contributed by atoms with Crippen LogP contribution < -0.4 is 11.3 Å². The summed E-state index contributed by atoms with van der Waals surface area (Å²) in [5.74, 6) is 5.44. The average Bonchev–Trinajstić information content (AvgIpc) is 2.89. The molecule has 5 heteroatoms. The molecule has 0 fully saturated rings. The summed E-state index contributed by atoms with van der Waals surface area (Å²) in [7, 11) is 0. The fourth-order valence-corrected chi connectivity index (χ4v) is 1.81. The van der Waals surface area contributed by atoms with Gasteiger partial charge in [0.25, 0.3) is 0 Å². The van der Waals surface area contributed by atoms with E-state index in [2.05, 4.69) is 13.8 Å².